The topological polar surface area (TPSA) is 75.6 Å². The van der Waals surface area contributed by atoms with Crippen LogP contribution in [0.4, 0.5) is 0 Å². The molecule has 5 heteroatoms. The molecule has 0 atom stereocenters. The lowest BCUT2D eigenvalue weighted by atomic mass is 9.98. The van der Waals surface area contributed by atoms with Crippen molar-refractivity contribution < 1.29 is 4.42 Å². The van der Waals surface area contributed by atoms with Crippen molar-refractivity contribution >= 4 is 32.7 Å². The molecule has 0 aliphatic heterocycles. The predicted octanol–water partition coefficient (Wildman–Crippen LogP) is 9.46. The number of hydrogen-bond acceptors (Lipinski definition) is 5. The Hall–Kier alpha value is -6.12. The Morgan fingerprint density at radius 2 is 1.12 bits per heavy atom. The Kier molecular flexibility index (Phi) is 5.77. The predicted molar refractivity (Wildman–Crippen MR) is 171 cm³/mol. The van der Waals surface area contributed by atoms with Crippen LogP contribution < -0.4 is 0 Å². The van der Waals surface area contributed by atoms with E-state index in [2.05, 4.69) is 48.5 Å². The highest BCUT2D eigenvalue weighted by Gasteiger charge is 2.17. The number of aromatic nitrogens is 3. The fraction of sp³-hybridized carbons (Fsp3) is 0. The summed E-state index contributed by atoms with van der Waals surface area (Å²) in [6.45, 7) is 0. The van der Waals surface area contributed by atoms with Gasteiger partial charge in [0.15, 0.2) is 17.5 Å². The van der Waals surface area contributed by atoms with Crippen molar-refractivity contribution in [3.63, 3.8) is 0 Å². The lowest BCUT2D eigenvalue weighted by molar-refractivity contribution is 0.669. The van der Waals surface area contributed by atoms with Crippen LogP contribution in [0, 0.1) is 11.3 Å². The highest BCUT2D eigenvalue weighted by molar-refractivity contribution is 6.11. The maximum absolute atomic E-state index is 9.32. The van der Waals surface area contributed by atoms with Crippen molar-refractivity contribution in [3.05, 3.63) is 139 Å². The Bertz CT molecular complexity index is 2370. The van der Waals surface area contributed by atoms with Crippen LogP contribution in [0.3, 0.4) is 0 Å². The summed E-state index contributed by atoms with van der Waals surface area (Å²) >= 11 is 0. The Balaban J connectivity index is 1.29. The van der Waals surface area contributed by atoms with Gasteiger partial charge in [-0.3, -0.25) is 0 Å². The molecule has 0 fully saturated rings. The standard InChI is InChI=1S/C38H22N4O/c39-23-24-8-6-11-26(20-24)27-16-17-29-22-30(19-18-28(29)21-27)37-40-36(25-9-2-1-3-10-25)41-38(42-37)32-13-7-15-34-35(32)31-12-4-5-14-33(31)43-34/h1-22H. The van der Waals surface area contributed by atoms with Gasteiger partial charge < -0.3 is 4.42 Å². The monoisotopic (exact) mass is 550 g/mol. The van der Waals surface area contributed by atoms with Crippen LogP contribution in [0.15, 0.2) is 138 Å². The van der Waals surface area contributed by atoms with Crippen LogP contribution in [-0.2, 0) is 0 Å². The molecule has 2 aromatic heterocycles. The van der Waals surface area contributed by atoms with Gasteiger partial charge in [0.05, 0.1) is 11.6 Å². The van der Waals surface area contributed by atoms with Crippen LogP contribution in [0.5, 0.6) is 0 Å². The second-order valence-electron chi connectivity index (χ2n) is 10.4. The molecule has 0 aliphatic rings. The molecule has 200 valence electrons. The van der Waals surface area contributed by atoms with Crippen molar-refractivity contribution in [2.45, 2.75) is 0 Å². The first-order valence-corrected chi connectivity index (χ1v) is 14.0. The van der Waals surface area contributed by atoms with E-state index in [9.17, 15) is 5.26 Å². The molecule has 0 spiro atoms. The fourth-order valence-corrected chi connectivity index (χ4v) is 5.64. The third kappa shape index (κ3) is 4.39. The number of furan rings is 1. The largest absolute Gasteiger partial charge is 0.456 e. The molecule has 0 unspecified atom stereocenters. The van der Waals surface area contributed by atoms with Gasteiger partial charge in [-0.1, -0.05) is 97.1 Å². The minimum Gasteiger partial charge on any atom is -0.456 e. The molecule has 0 aliphatic carbocycles. The number of nitriles is 1. The number of rotatable bonds is 4. The van der Waals surface area contributed by atoms with E-state index in [4.69, 9.17) is 19.4 Å². The van der Waals surface area contributed by atoms with E-state index in [0.29, 0.717) is 23.0 Å². The first-order valence-electron chi connectivity index (χ1n) is 14.0. The minimum absolute atomic E-state index is 0.592. The van der Waals surface area contributed by atoms with E-state index < -0.39 is 0 Å². The van der Waals surface area contributed by atoms with Crippen molar-refractivity contribution in [2.75, 3.05) is 0 Å². The van der Waals surface area contributed by atoms with Gasteiger partial charge in [-0.15, -0.1) is 0 Å². The number of nitrogens with zero attached hydrogens (tertiary/aromatic N) is 4. The quantitative estimate of drug-likeness (QED) is 0.218. The van der Waals surface area contributed by atoms with E-state index in [1.54, 1.807) is 0 Å². The van der Waals surface area contributed by atoms with Crippen LogP contribution in [0.2, 0.25) is 0 Å². The van der Waals surface area contributed by atoms with Gasteiger partial charge in [0.1, 0.15) is 11.2 Å². The summed E-state index contributed by atoms with van der Waals surface area (Å²) in [5, 5.41) is 13.5. The summed E-state index contributed by atoms with van der Waals surface area (Å²) in [5.41, 5.74) is 7.06. The number of para-hydroxylation sites is 1. The summed E-state index contributed by atoms with van der Waals surface area (Å²) in [6, 6.07) is 46.5. The lowest BCUT2D eigenvalue weighted by Crippen LogP contribution is -2.00. The van der Waals surface area contributed by atoms with Crippen molar-refractivity contribution in [3.8, 4) is 51.4 Å². The molecule has 0 saturated carbocycles. The van der Waals surface area contributed by atoms with Crippen LogP contribution in [0.1, 0.15) is 5.56 Å². The second kappa shape index (κ2) is 10.1. The van der Waals surface area contributed by atoms with E-state index >= 15 is 0 Å². The van der Waals surface area contributed by atoms with Crippen LogP contribution in [-0.4, -0.2) is 15.0 Å². The summed E-state index contributed by atoms with van der Waals surface area (Å²) in [7, 11) is 0. The van der Waals surface area contributed by atoms with Crippen molar-refractivity contribution in [1.82, 2.24) is 15.0 Å². The molecule has 0 N–H and O–H groups in total. The smallest absolute Gasteiger partial charge is 0.164 e. The first-order chi connectivity index (χ1) is 21.2. The Morgan fingerprint density at radius 1 is 0.488 bits per heavy atom. The van der Waals surface area contributed by atoms with Gasteiger partial charge in [0.2, 0.25) is 0 Å². The SMILES string of the molecule is N#Cc1cccc(-c2ccc3cc(-c4nc(-c5ccccc5)nc(-c5cccc6oc7ccccc7c56)n4)ccc3c2)c1. The fourth-order valence-electron chi connectivity index (χ4n) is 5.64. The average molecular weight is 551 g/mol. The molecule has 43 heavy (non-hydrogen) atoms. The zero-order valence-electron chi connectivity index (χ0n) is 22.9. The van der Waals surface area contributed by atoms with E-state index in [-0.39, 0.29) is 0 Å². The third-order valence-corrected chi connectivity index (χ3v) is 7.73. The third-order valence-electron chi connectivity index (χ3n) is 7.73. The molecular formula is C38H22N4O. The molecule has 8 rings (SSSR count). The molecule has 0 amide bonds. The van der Waals surface area contributed by atoms with Gasteiger partial charge in [-0.2, -0.15) is 5.26 Å². The highest BCUT2D eigenvalue weighted by Crippen LogP contribution is 2.36. The summed E-state index contributed by atoms with van der Waals surface area (Å²) in [4.78, 5) is 14.9. The highest BCUT2D eigenvalue weighted by atomic mass is 16.3. The Labute approximate surface area is 247 Å². The van der Waals surface area contributed by atoms with E-state index in [0.717, 1.165) is 60.5 Å². The molecule has 0 saturated heterocycles. The van der Waals surface area contributed by atoms with Gasteiger partial charge in [0.25, 0.3) is 0 Å². The number of benzene rings is 6. The summed E-state index contributed by atoms with van der Waals surface area (Å²) < 4.78 is 6.16. The molecule has 2 heterocycles. The van der Waals surface area contributed by atoms with Crippen molar-refractivity contribution in [2.24, 2.45) is 0 Å². The number of hydrogen-bond donors (Lipinski definition) is 0. The molecule has 0 bridgehead atoms. The minimum atomic E-state index is 0.592. The molecule has 6 aromatic carbocycles. The maximum atomic E-state index is 9.32. The van der Waals surface area contributed by atoms with E-state index in [1.165, 1.54) is 0 Å². The van der Waals surface area contributed by atoms with Crippen LogP contribution >= 0.6 is 0 Å². The van der Waals surface area contributed by atoms with Crippen molar-refractivity contribution in [1.29, 1.82) is 5.26 Å². The van der Waals surface area contributed by atoms with Gasteiger partial charge in [0, 0.05) is 27.5 Å². The first kappa shape index (κ1) is 24.7. The lowest BCUT2D eigenvalue weighted by Gasteiger charge is -2.10. The normalized spacial score (nSPS) is 11.2. The summed E-state index contributed by atoms with van der Waals surface area (Å²) in [5.74, 6) is 1.80. The zero-order valence-corrected chi connectivity index (χ0v) is 22.9. The van der Waals surface area contributed by atoms with E-state index in [1.807, 2.05) is 91.0 Å². The van der Waals surface area contributed by atoms with Gasteiger partial charge >= 0.3 is 0 Å². The molecule has 0 radical (unpaired) electrons. The maximum Gasteiger partial charge on any atom is 0.164 e. The molecule has 5 nitrogen and oxygen atoms in total. The van der Waals surface area contributed by atoms with Gasteiger partial charge in [-0.25, -0.2) is 15.0 Å². The molecular weight excluding hydrogens is 528 g/mol. The van der Waals surface area contributed by atoms with Crippen LogP contribution in [0.25, 0.3) is 78.0 Å². The Morgan fingerprint density at radius 3 is 1.95 bits per heavy atom. The second-order valence-corrected chi connectivity index (χ2v) is 10.4. The number of fused-ring (bicyclic) bond motifs is 4. The molecule has 8 aromatic rings. The van der Waals surface area contributed by atoms with Gasteiger partial charge in [-0.05, 0) is 58.3 Å². The average Bonchev–Trinajstić information content (AvgIpc) is 3.47. The zero-order chi connectivity index (χ0) is 28.8. The summed E-state index contributed by atoms with van der Waals surface area (Å²) in [6.07, 6.45) is 0.